The van der Waals surface area contributed by atoms with Crippen LogP contribution in [0.1, 0.15) is 41.6 Å². The highest BCUT2D eigenvalue weighted by Gasteiger charge is 2.25. The average Bonchev–Trinajstić information content (AvgIpc) is 2.71. The van der Waals surface area contributed by atoms with E-state index < -0.39 is 0 Å². The fourth-order valence-corrected chi connectivity index (χ4v) is 3.52. The van der Waals surface area contributed by atoms with Crippen molar-refractivity contribution in [3.63, 3.8) is 0 Å². The topological polar surface area (TPSA) is 84.7 Å². The minimum atomic E-state index is -0.105. The van der Waals surface area contributed by atoms with Crippen molar-refractivity contribution in [2.75, 3.05) is 25.5 Å². The monoisotopic (exact) mass is 429 g/mol. The Balaban J connectivity index is 1.76. The van der Waals surface area contributed by atoms with Gasteiger partial charge in [-0.15, -0.1) is 0 Å². The third kappa shape index (κ3) is 5.52. The maximum atomic E-state index is 13.1. The predicted molar refractivity (Wildman–Crippen MR) is 119 cm³/mol. The molecule has 1 aliphatic carbocycles. The molecule has 0 aromatic heterocycles. The number of anilines is 1. The number of amides is 2. The van der Waals surface area contributed by atoms with E-state index in [2.05, 4.69) is 5.32 Å². The first-order valence-corrected chi connectivity index (χ1v) is 10.6. The summed E-state index contributed by atoms with van der Waals surface area (Å²) in [5, 5.41) is 3.52. The van der Waals surface area contributed by atoms with E-state index in [1.807, 2.05) is 6.07 Å². The van der Waals surface area contributed by atoms with E-state index in [1.54, 1.807) is 48.4 Å². The molecule has 0 bridgehead atoms. The van der Waals surface area contributed by atoms with Crippen molar-refractivity contribution in [2.45, 2.75) is 32.2 Å². The summed E-state index contributed by atoms with van der Waals surface area (Å²) in [5.41, 5.74) is 7.72. The van der Waals surface area contributed by atoms with Crippen LogP contribution in [0.3, 0.4) is 0 Å². The number of nitrogens with two attached hydrogens (primary N) is 1. The lowest BCUT2D eigenvalue weighted by molar-refractivity contribution is -0.122. The van der Waals surface area contributed by atoms with E-state index in [0.29, 0.717) is 48.1 Å². The molecule has 30 heavy (non-hydrogen) atoms. The summed E-state index contributed by atoms with van der Waals surface area (Å²) in [4.78, 5) is 27.1. The second kappa shape index (κ2) is 10.5. The van der Waals surface area contributed by atoms with Gasteiger partial charge in [-0.3, -0.25) is 9.59 Å². The third-order valence-electron chi connectivity index (χ3n) is 5.41. The van der Waals surface area contributed by atoms with Crippen LogP contribution in [0.25, 0.3) is 0 Å². The second-order valence-corrected chi connectivity index (χ2v) is 7.93. The summed E-state index contributed by atoms with van der Waals surface area (Å²) >= 11 is 6.41. The van der Waals surface area contributed by atoms with Crippen molar-refractivity contribution in [3.05, 3.63) is 58.6 Å². The highest BCUT2D eigenvalue weighted by Crippen LogP contribution is 2.29. The summed E-state index contributed by atoms with van der Waals surface area (Å²) < 4.78 is 5.17. The van der Waals surface area contributed by atoms with Gasteiger partial charge in [0.05, 0.1) is 7.11 Å². The molecule has 2 amide bonds. The molecule has 0 atom stereocenters. The van der Waals surface area contributed by atoms with Crippen molar-refractivity contribution < 1.29 is 14.3 Å². The molecule has 7 heteroatoms. The fraction of sp³-hybridized carbons (Fsp3) is 0.391. The SMILES string of the molecule is COc1ccc(C(=O)N(CCCN)Cc2cc(NC(=O)C3CCC3)ccc2Cl)cc1. The van der Waals surface area contributed by atoms with Gasteiger partial charge in [-0.25, -0.2) is 0 Å². The summed E-state index contributed by atoms with van der Waals surface area (Å²) in [7, 11) is 1.59. The quantitative estimate of drug-likeness (QED) is 0.629. The number of carbonyl (C=O) groups excluding carboxylic acids is 2. The van der Waals surface area contributed by atoms with E-state index in [1.165, 1.54) is 0 Å². The van der Waals surface area contributed by atoms with Crippen LogP contribution in [0, 0.1) is 5.92 Å². The lowest BCUT2D eigenvalue weighted by Gasteiger charge is -2.25. The molecule has 0 spiro atoms. The van der Waals surface area contributed by atoms with E-state index in [9.17, 15) is 9.59 Å². The molecule has 2 aromatic carbocycles. The Bertz CT molecular complexity index is 882. The molecule has 3 rings (SSSR count). The molecule has 0 radical (unpaired) electrons. The van der Waals surface area contributed by atoms with E-state index in [4.69, 9.17) is 22.1 Å². The normalized spacial score (nSPS) is 13.4. The van der Waals surface area contributed by atoms with Crippen LogP contribution in [0.2, 0.25) is 5.02 Å². The first-order chi connectivity index (χ1) is 14.5. The number of hydrogen-bond acceptors (Lipinski definition) is 4. The molecular weight excluding hydrogens is 402 g/mol. The maximum absolute atomic E-state index is 13.1. The highest BCUT2D eigenvalue weighted by atomic mass is 35.5. The van der Waals surface area contributed by atoms with Crippen molar-refractivity contribution in [1.82, 2.24) is 4.90 Å². The summed E-state index contributed by atoms with van der Waals surface area (Å²) in [6, 6.07) is 12.4. The Hall–Kier alpha value is -2.57. The number of halogens is 1. The van der Waals surface area contributed by atoms with Gasteiger partial charge in [0.15, 0.2) is 0 Å². The van der Waals surface area contributed by atoms with Crippen molar-refractivity contribution in [2.24, 2.45) is 11.7 Å². The number of methoxy groups -OCH3 is 1. The molecule has 1 aliphatic rings. The Morgan fingerprint density at radius 3 is 2.53 bits per heavy atom. The van der Waals surface area contributed by atoms with Gasteiger partial charge in [-0.1, -0.05) is 18.0 Å². The molecule has 2 aromatic rings. The van der Waals surface area contributed by atoms with Crippen LogP contribution >= 0.6 is 11.6 Å². The molecule has 6 nitrogen and oxygen atoms in total. The zero-order chi connectivity index (χ0) is 21.5. The standard InChI is InChI=1S/C23H28ClN3O3/c1-30-20-9-6-17(7-10-20)23(29)27(13-3-12-25)15-18-14-19(8-11-21(18)24)26-22(28)16-4-2-5-16/h6-11,14,16H,2-5,12-13,15,25H2,1H3,(H,26,28). The van der Waals surface area contributed by atoms with Crippen molar-refractivity contribution >= 4 is 29.1 Å². The van der Waals surface area contributed by atoms with Gasteiger partial charge < -0.3 is 20.7 Å². The number of rotatable bonds is 9. The Labute approximate surface area is 182 Å². The number of benzene rings is 2. The molecule has 0 heterocycles. The first kappa shape index (κ1) is 22.1. The van der Waals surface area contributed by atoms with Crippen LogP contribution in [-0.2, 0) is 11.3 Å². The molecule has 1 saturated carbocycles. The number of nitrogens with one attached hydrogen (secondary N) is 1. The summed E-state index contributed by atoms with van der Waals surface area (Å²) in [6.45, 7) is 1.32. The third-order valence-corrected chi connectivity index (χ3v) is 5.78. The molecule has 0 aliphatic heterocycles. The highest BCUT2D eigenvalue weighted by molar-refractivity contribution is 6.31. The summed E-state index contributed by atoms with van der Waals surface area (Å²) in [5.74, 6) is 0.731. The van der Waals surface area contributed by atoms with E-state index >= 15 is 0 Å². The molecule has 1 fully saturated rings. The predicted octanol–water partition coefficient (Wildman–Crippen LogP) is 4.08. The second-order valence-electron chi connectivity index (χ2n) is 7.52. The Kier molecular flexibility index (Phi) is 7.71. The van der Waals surface area contributed by atoms with Crippen LogP contribution in [0.15, 0.2) is 42.5 Å². The van der Waals surface area contributed by atoms with Crippen LogP contribution in [0.5, 0.6) is 5.75 Å². The largest absolute Gasteiger partial charge is 0.497 e. The molecule has 0 unspecified atom stereocenters. The number of ether oxygens (including phenoxy) is 1. The van der Waals surface area contributed by atoms with Crippen molar-refractivity contribution in [3.8, 4) is 5.75 Å². The van der Waals surface area contributed by atoms with Gasteiger partial charge in [0.1, 0.15) is 5.75 Å². The Morgan fingerprint density at radius 2 is 1.93 bits per heavy atom. The Morgan fingerprint density at radius 1 is 1.20 bits per heavy atom. The van der Waals surface area contributed by atoms with Gasteiger partial charge in [-0.05, 0) is 73.8 Å². The smallest absolute Gasteiger partial charge is 0.254 e. The molecule has 3 N–H and O–H groups in total. The lowest BCUT2D eigenvalue weighted by atomic mass is 9.85. The van der Waals surface area contributed by atoms with Crippen molar-refractivity contribution in [1.29, 1.82) is 0 Å². The van der Waals surface area contributed by atoms with Crippen LogP contribution in [-0.4, -0.2) is 36.9 Å². The first-order valence-electron chi connectivity index (χ1n) is 10.2. The number of carbonyl (C=O) groups is 2. The zero-order valence-electron chi connectivity index (χ0n) is 17.2. The minimum Gasteiger partial charge on any atom is -0.497 e. The van der Waals surface area contributed by atoms with E-state index in [0.717, 1.165) is 24.8 Å². The number of hydrogen-bond donors (Lipinski definition) is 2. The fourth-order valence-electron chi connectivity index (χ4n) is 3.34. The zero-order valence-corrected chi connectivity index (χ0v) is 18.0. The lowest BCUT2D eigenvalue weighted by Crippen LogP contribution is -2.32. The number of nitrogens with zero attached hydrogens (tertiary/aromatic N) is 1. The average molecular weight is 430 g/mol. The van der Waals surface area contributed by atoms with Gasteiger partial charge >= 0.3 is 0 Å². The maximum Gasteiger partial charge on any atom is 0.254 e. The molecule has 0 saturated heterocycles. The van der Waals surface area contributed by atoms with Crippen LogP contribution < -0.4 is 15.8 Å². The summed E-state index contributed by atoms with van der Waals surface area (Å²) in [6.07, 6.45) is 3.66. The van der Waals surface area contributed by atoms with E-state index in [-0.39, 0.29) is 17.7 Å². The van der Waals surface area contributed by atoms with Gasteiger partial charge in [-0.2, -0.15) is 0 Å². The minimum absolute atomic E-state index is 0.0452. The van der Waals surface area contributed by atoms with Gasteiger partial charge in [0.2, 0.25) is 5.91 Å². The molecule has 160 valence electrons. The van der Waals surface area contributed by atoms with Gasteiger partial charge in [0, 0.05) is 35.3 Å². The molecular formula is C23H28ClN3O3. The van der Waals surface area contributed by atoms with Crippen LogP contribution in [0.4, 0.5) is 5.69 Å². The van der Waals surface area contributed by atoms with Gasteiger partial charge in [0.25, 0.3) is 5.91 Å².